The molecular formula is C21H39CaClN7O12+. The number of aliphatic hydroxyl groups excluding tert-OH is 6. The number of hydrogen-bond acceptors (Lipinski definition) is 15. The molecule has 15 atom stereocenters. The quantitative estimate of drug-likeness (QED) is 0.0474. The zero-order valence-electron chi connectivity index (χ0n) is 22.8. The minimum atomic E-state index is -2.38. The first-order valence-electron chi connectivity index (χ1n) is 12.4. The van der Waals surface area contributed by atoms with Crippen LogP contribution in [0.15, 0.2) is 9.98 Å². The Balaban J connectivity index is 0.00000441. The van der Waals surface area contributed by atoms with E-state index < -0.39 is 110 Å². The fraction of sp³-hybridized carbons (Fsp3) is 0.857. The van der Waals surface area contributed by atoms with E-state index in [1.54, 1.807) is 0 Å². The number of aliphatic imine (C=N–C) groups is 2. The van der Waals surface area contributed by atoms with Gasteiger partial charge in [0.15, 0.2) is 36.4 Å². The topological polar surface area (TPSA) is 336 Å². The molecule has 238 valence electrons. The van der Waals surface area contributed by atoms with E-state index in [1.165, 1.54) is 14.0 Å². The number of hydrogen-bond donors (Lipinski definition) is 12. The van der Waals surface area contributed by atoms with E-state index in [9.17, 15) is 40.5 Å². The van der Waals surface area contributed by atoms with Crippen molar-refractivity contribution in [2.45, 2.75) is 98.2 Å². The SMILES string of the molecule is CN[C@@H]1[C@H](O[C@H]2[C@H](O[C@H]3[C@H](O)[C@@H](O)[C@H](N=C(N)N)[C@@H](O)[C@@H]3N=C(N)N)O[C@@H](C)[C@]2(O)C=O)O[C@@H](CO)[C@H](O)[C@H]1O.[Ca+2].[Cl-]. The molecule has 16 N–H and O–H groups in total. The predicted molar refractivity (Wildman–Crippen MR) is 139 cm³/mol. The Bertz CT molecular complexity index is 953. The number of likely N-dealkylation sites (N-methyl/N-ethyl adjacent to an activating group) is 1. The Kier molecular flexibility index (Phi) is 15.0. The summed E-state index contributed by atoms with van der Waals surface area (Å²) in [6.07, 6.45) is -17.3. The number of aliphatic hydroxyl groups is 7. The molecule has 2 saturated heterocycles. The standard InChI is InChI=1S/C21H39N7O12.Ca.ClH/c1-5-21(36,4-30)16(40-17-9(26-2)13(34)10(31)6(3-29)38-17)18(37-5)39-15-8(28-20(24)25)11(32)7(27-19(22)23)12(33)14(15)35;;/h4-18,26,29,31-36H,3H2,1-2H3,(H4,22,23,27)(H4,24,25,28);;1H/q;+2;/p-1/t5-,6-,7+,8-,9-,10-,11+,12-,13-,14+,15+,16-,17-,18-,21+;;/m0../s1. The Morgan fingerprint density at radius 2 is 1.48 bits per heavy atom. The average Bonchev–Trinajstić information content (AvgIpc) is 3.13. The van der Waals surface area contributed by atoms with Crippen molar-refractivity contribution in [2.24, 2.45) is 32.9 Å². The van der Waals surface area contributed by atoms with Gasteiger partial charge in [0, 0.05) is 0 Å². The minimum absolute atomic E-state index is 0. The van der Waals surface area contributed by atoms with Crippen LogP contribution < -0.4 is 40.7 Å². The second kappa shape index (κ2) is 16.0. The van der Waals surface area contributed by atoms with Crippen molar-refractivity contribution in [3.63, 3.8) is 0 Å². The van der Waals surface area contributed by atoms with Crippen LogP contribution >= 0.6 is 0 Å². The Hall–Kier alpha value is -0.720. The first kappa shape index (κ1) is 39.3. The second-order valence-corrected chi connectivity index (χ2v) is 9.89. The molecule has 0 aromatic rings. The Morgan fingerprint density at radius 3 is 1.98 bits per heavy atom. The van der Waals surface area contributed by atoms with Gasteiger partial charge in [-0.3, -0.25) is 4.79 Å². The summed E-state index contributed by atoms with van der Waals surface area (Å²) in [6, 6.07) is -4.08. The van der Waals surface area contributed by atoms with Gasteiger partial charge < -0.3 is 95.4 Å². The maximum absolute atomic E-state index is 12.1. The number of aldehydes is 1. The van der Waals surface area contributed by atoms with Crippen LogP contribution in [0.25, 0.3) is 0 Å². The first-order chi connectivity index (χ1) is 18.7. The van der Waals surface area contributed by atoms with Crippen LogP contribution in [0.2, 0.25) is 0 Å². The molecule has 0 radical (unpaired) electrons. The van der Waals surface area contributed by atoms with Gasteiger partial charge in [0.25, 0.3) is 0 Å². The summed E-state index contributed by atoms with van der Waals surface area (Å²) in [5.41, 5.74) is 19.4. The molecule has 0 amide bonds. The maximum atomic E-state index is 12.1. The summed E-state index contributed by atoms with van der Waals surface area (Å²) in [7, 11) is 1.42. The van der Waals surface area contributed by atoms with Gasteiger partial charge in [-0.2, -0.15) is 0 Å². The van der Waals surface area contributed by atoms with E-state index in [4.69, 9.17) is 41.9 Å². The third kappa shape index (κ3) is 7.73. The van der Waals surface area contributed by atoms with Gasteiger partial charge in [-0.05, 0) is 14.0 Å². The van der Waals surface area contributed by atoms with E-state index >= 15 is 0 Å². The molecule has 0 spiro atoms. The summed E-state index contributed by atoms with van der Waals surface area (Å²) in [4.78, 5) is 19.7. The number of nitrogens with two attached hydrogens (primary N) is 4. The zero-order valence-corrected chi connectivity index (χ0v) is 25.8. The van der Waals surface area contributed by atoms with E-state index in [2.05, 4.69) is 15.3 Å². The summed E-state index contributed by atoms with van der Waals surface area (Å²) in [6.45, 7) is 0.620. The monoisotopic (exact) mass is 656 g/mol. The summed E-state index contributed by atoms with van der Waals surface area (Å²) in [5.74, 6) is -1.03. The molecule has 0 bridgehead atoms. The number of rotatable bonds is 9. The molecule has 21 heteroatoms. The number of nitrogens with one attached hydrogen (secondary N) is 1. The molecule has 3 fully saturated rings. The van der Waals surface area contributed by atoms with Crippen LogP contribution in [-0.4, -0.2) is 197 Å². The van der Waals surface area contributed by atoms with Crippen LogP contribution in [0.3, 0.4) is 0 Å². The van der Waals surface area contributed by atoms with Crippen LogP contribution in [-0.2, 0) is 23.7 Å². The van der Waals surface area contributed by atoms with Gasteiger partial charge in [0.2, 0.25) is 0 Å². The zero-order chi connectivity index (χ0) is 30.1. The molecule has 1 saturated carbocycles. The Morgan fingerprint density at radius 1 is 0.905 bits per heavy atom. The van der Waals surface area contributed by atoms with Gasteiger partial charge in [0.1, 0.15) is 60.9 Å². The first-order valence-corrected chi connectivity index (χ1v) is 12.4. The van der Waals surface area contributed by atoms with Crippen molar-refractivity contribution in [2.75, 3.05) is 13.7 Å². The molecule has 0 aromatic carbocycles. The number of nitrogens with zero attached hydrogens (tertiary/aromatic N) is 2. The van der Waals surface area contributed by atoms with Gasteiger partial charge in [0.05, 0.1) is 18.8 Å². The van der Waals surface area contributed by atoms with Gasteiger partial charge in [-0.25, -0.2) is 9.98 Å². The maximum Gasteiger partial charge on any atom is 2.00 e. The molecule has 2 aliphatic heterocycles. The minimum Gasteiger partial charge on any atom is -1.00 e. The van der Waals surface area contributed by atoms with Crippen molar-refractivity contribution in [1.29, 1.82) is 0 Å². The number of carbonyl (C=O) groups excluding carboxylic acids is 1. The third-order valence-corrected chi connectivity index (χ3v) is 7.34. The molecule has 0 unspecified atom stereocenters. The van der Waals surface area contributed by atoms with E-state index in [1.807, 2.05) is 0 Å². The molecule has 0 aromatic heterocycles. The summed E-state index contributed by atoms with van der Waals surface area (Å²) >= 11 is 0. The molecule has 3 rings (SSSR count). The molecular weight excluding hydrogens is 618 g/mol. The fourth-order valence-corrected chi connectivity index (χ4v) is 5.08. The normalized spacial score (nSPS) is 45.2. The van der Waals surface area contributed by atoms with Gasteiger partial charge in [-0.15, -0.1) is 0 Å². The van der Waals surface area contributed by atoms with Crippen molar-refractivity contribution < 1.29 is 71.9 Å². The molecule has 3 aliphatic rings. The van der Waals surface area contributed by atoms with Crippen molar-refractivity contribution >= 4 is 55.9 Å². The number of ether oxygens (including phenoxy) is 4. The fourth-order valence-electron chi connectivity index (χ4n) is 5.08. The predicted octanol–water partition coefficient (Wildman–Crippen LogP) is -11.5. The van der Waals surface area contributed by atoms with E-state index in [0.29, 0.717) is 0 Å². The summed E-state index contributed by atoms with van der Waals surface area (Å²) < 4.78 is 22.9. The smallest absolute Gasteiger partial charge is 1.00 e. The number of carbonyl (C=O) groups is 1. The number of halogens is 1. The third-order valence-electron chi connectivity index (χ3n) is 7.34. The number of guanidine groups is 2. The Labute approximate surface area is 276 Å². The van der Waals surface area contributed by atoms with Crippen molar-refractivity contribution in [3.8, 4) is 0 Å². The van der Waals surface area contributed by atoms with Gasteiger partial charge >= 0.3 is 37.7 Å². The van der Waals surface area contributed by atoms with Crippen LogP contribution in [0.4, 0.5) is 0 Å². The molecule has 19 nitrogen and oxygen atoms in total. The van der Waals surface area contributed by atoms with Crippen LogP contribution in [0.1, 0.15) is 6.92 Å². The van der Waals surface area contributed by atoms with Crippen LogP contribution in [0, 0.1) is 0 Å². The van der Waals surface area contributed by atoms with E-state index in [-0.39, 0.29) is 56.4 Å². The largest absolute Gasteiger partial charge is 2.00 e. The van der Waals surface area contributed by atoms with Crippen LogP contribution in [0.5, 0.6) is 0 Å². The van der Waals surface area contributed by atoms with Gasteiger partial charge in [-0.1, -0.05) is 0 Å². The van der Waals surface area contributed by atoms with Crippen molar-refractivity contribution in [3.05, 3.63) is 0 Å². The van der Waals surface area contributed by atoms with E-state index in [0.717, 1.165) is 0 Å². The molecule has 1 aliphatic carbocycles. The second-order valence-electron chi connectivity index (χ2n) is 9.89. The average molecular weight is 657 g/mol. The molecule has 42 heavy (non-hydrogen) atoms. The van der Waals surface area contributed by atoms with Crippen molar-refractivity contribution in [1.82, 2.24) is 5.32 Å². The summed E-state index contributed by atoms with van der Waals surface area (Å²) in [5, 5.41) is 76.6. The molecule has 2 heterocycles.